The number of anilines is 1. The summed E-state index contributed by atoms with van der Waals surface area (Å²) >= 11 is 0. The second-order valence-corrected chi connectivity index (χ2v) is 5.90. The number of fused-ring (bicyclic) bond motifs is 1. The smallest absolute Gasteiger partial charge is 0.313 e. The molecule has 0 radical (unpaired) electrons. The van der Waals surface area contributed by atoms with Gasteiger partial charge in [0.2, 0.25) is 0 Å². The van der Waals surface area contributed by atoms with Crippen molar-refractivity contribution in [1.29, 1.82) is 0 Å². The van der Waals surface area contributed by atoms with Crippen molar-refractivity contribution in [3.8, 4) is 0 Å². The molecular weight excluding hydrogens is 320 g/mol. The van der Waals surface area contributed by atoms with E-state index in [1.54, 1.807) is 12.3 Å². The lowest BCUT2D eigenvalue weighted by Crippen LogP contribution is -2.39. The minimum atomic E-state index is -0.676. The van der Waals surface area contributed by atoms with Crippen molar-refractivity contribution in [2.45, 2.75) is 6.42 Å². The van der Waals surface area contributed by atoms with Crippen LogP contribution in [0.4, 0.5) is 5.69 Å². The van der Waals surface area contributed by atoms with Gasteiger partial charge in [-0.3, -0.25) is 19.5 Å². The van der Waals surface area contributed by atoms with E-state index < -0.39 is 11.8 Å². The Balaban J connectivity index is 1.46. The minimum absolute atomic E-state index is 0.470. The second kappa shape index (κ2) is 8.55. The molecule has 3 rings (SSSR count). The molecule has 1 aliphatic rings. The molecule has 7 nitrogen and oxygen atoms in total. The Bertz CT molecular complexity index is 739. The largest absolute Gasteiger partial charge is 0.379 e. The van der Waals surface area contributed by atoms with Crippen LogP contribution in [-0.2, 0) is 14.3 Å². The predicted molar refractivity (Wildman–Crippen MR) is 95.3 cm³/mol. The molecule has 2 heterocycles. The van der Waals surface area contributed by atoms with E-state index in [9.17, 15) is 9.59 Å². The number of para-hydroxylation sites is 1. The van der Waals surface area contributed by atoms with Crippen LogP contribution in [0.1, 0.15) is 6.42 Å². The fraction of sp³-hybridized carbons (Fsp3) is 0.389. The van der Waals surface area contributed by atoms with Crippen LogP contribution < -0.4 is 10.6 Å². The zero-order chi connectivity index (χ0) is 17.5. The molecule has 2 N–H and O–H groups in total. The first-order valence-corrected chi connectivity index (χ1v) is 8.47. The lowest BCUT2D eigenvalue weighted by molar-refractivity contribution is -0.136. The highest BCUT2D eigenvalue weighted by Gasteiger charge is 2.15. The average Bonchev–Trinajstić information content (AvgIpc) is 2.66. The first-order valence-electron chi connectivity index (χ1n) is 8.47. The summed E-state index contributed by atoms with van der Waals surface area (Å²) in [6, 6.07) is 9.20. The maximum absolute atomic E-state index is 12.1. The number of ether oxygens (including phenoxy) is 1. The molecular formula is C18H22N4O3. The van der Waals surface area contributed by atoms with E-state index >= 15 is 0 Å². The van der Waals surface area contributed by atoms with Gasteiger partial charge >= 0.3 is 11.8 Å². The lowest BCUT2D eigenvalue weighted by Gasteiger charge is -2.26. The molecule has 0 spiro atoms. The van der Waals surface area contributed by atoms with Crippen LogP contribution in [0.3, 0.4) is 0 Å². The molecule has 0 bridgehead atoms. The topological polar surface area (TPSA) is 83.6 Å². The number of carbonyl (C=O) groups is 2. The van der Waals surface area contributed by atoms with Gasteiger partial charge in [0.1, 0.15) is 0 Å². The zero-order valence-corrected chi connectivity index (χ0v) is 14.0. The number of benzene rings is 1. The van der Waals surface area contributed by atoms with Gasteiger partial charge in [0.05, 0.1) is 24.4 Å². The monoisotopic (exact) mass is 342 g/mol. The Kier molecular flexibility index (Phi) is 5.92. The van der Waals surface area contributed by atoms with Crippen LogP contribution in [0.5, 0.6) is 0 Å². The third-order valence-corrected chi connectivity index (χ3v) is 4.13. The summed E-state index contributed by atoms with van der Waals surface area (Å²) in [5, 5.41) is 6.20. The van der Waals surface area contributed by atoms with Crippen molar-refractivity contribution in [1.82, 2.24) is 15.2 Å². The van der Waals surface area contributed by atoms with E-state index in [4.69, 9.17) is 4.74 Å². The Morgan fingerprint density at radius 2 is 1.92 bits per heavy atom. The Morgan fingerprint density at radius 1 is 1.12 bits per heavy atom. The number of nitrogens with one attached hydrogen (secondary N) is 2. The minimum Gasteiger partial charge on any atom is -0.379 e. The second-order valence-electron chi connectivity index (χ2n) is 5.90. The normalized spacial score (nSPS) is 15.0. The van der Waals surface area contributed by atoms with E-state index in [2.05, 4.69) is 20.5 Å². The molecule has 0 saturated carbocycles. The first kappa shape index (κ1) is 17.3. The third-order valence-electron chi connectivity index (χ3n) is 4.13. The van der Waals surface area contributed by atoms with Crippen LogP contribution in [0.15, 0.2) is 36.5 Å². The van der Waals surface area contributed by atoms with Crippen molar-refractivity contribution >= 4 is 28.4 Å². The molecule has 7 heteroatoms. The van der Waals surface area contributed by atoms with E-state index in [1.165, 1.54) is 0 Å². The molecule has 1 aliphatic heterocycles. The molecule has 1 fully saturated rings. The van der Waals surface area contributed by atoms with Crippen molar-refractivity contribution in [3.05, 3.63) is 36.5 Å². The van der Waals surface area contributed by atoms with Gasteiger partial charge in [0.15, 0.2) is 0 Å². The predicted octanol–water partition coefficient (Wildman–Crippen LogP) is 1.01. The number of aromatic nitrogens is 1. The SMILES string of the molecule is O=C(NCCCN1CCOCC1)C(=O)Nc1cccc2cccnc12. The van der Waals surface area contributed by atoms with E-state index in [0.717, 1.165) is 44.7 Å². The van der Waals surface area contributed by atoms with Crippen LogP contribution in [0.2, 0.25) is 0 Å². The molecule has 25 heavy (non-hydrogen) atoms. The number of hydrogen-bond acceptors (Lipinski definition) is 5. The van der Waals surface area contributed by atoms with Gasteiger partial charge in [-0.2, -0.15) is 0 Å². The third kappa shape index (κ3) is 4.74. The molecule has 1 aromatic heterocycles. The number of amides is 2. The lowest BCUT2D eigenvalue weighted by atomic mass is 10.2. The van der Waals surface area contributed by atoms with Crippen molar-refractivity contribution in [3.63, 3.8) is 0 Å². The highest BCUT2D eigenvalue weighted by atomic mass is 16.5. The molecule has 2 aromatic rings. The zero-order valence-electron chi connectivity index (χ0n) is 14.0. The van der Waals surface area contributed by atoms with Gasteiger partial charge in [-0.15, -0.1) is 0 Å². The molecule has 0 unspecified atom stereocenters. The molecule has 132 valence electrons. The van der Waals surface area contributed by atoms with Crippen LogP contribution in [-0.4, -0.2) is 61.1 Å². The fourth-order valence-electron chi connectivity index (χ4n) is 2.79. The summed E-state index contributed by atoms with van der Waals surface area (Å²) in [6.45, 7) is 4.71. The van der Waals surface area contributed by atoms with Gasteiger partial charge in [0, 0.05) is 31.2 Å². The maximum atomic E-state index is 12.1. The summed E-state index contributed by atoms with van der Waals surface area (Å²) < 4.78 is 5.29. The van der Waals surface area contributed by atoms with Crippen molar-refractivity contribution < 1.29 is 14.3 Å². The summed E-state index contributed by atoms with van der Waals surface area (Å²) in [7, 11) is 0. The first-order chi connectivity index (χ1) is 12.2. The van der Waals surface area contributed by atoms with Crippen molar-refractivity contribution in [2.75, 3.05) is 44.7 Å². The van der Waals surface area contributed by atoms with Crippen LogP contribution >= 0.6 is 0 Å². The fourth-order valence-corrected chi connectivity index (χ4v) is 2.79. The molecule has 2 amide bonds. The highest BCUT2D eigenvalue weighted by molar-refractivity contribution is 6.40. The Morgan fingerprint density at radius 3 is 2.76 bits per heavy atom. The number of morpholine rings is 1. The summed E-state index contributed by atoms with van der Waals surface area (Å²) in [6.07, 6.45) is 2.46. The Labute approximate surface area is 146 Å². The summed E-state index contributed by atoms with van der Waals surface area (Å²) in [5.74, 6) is -1.31. The number of hydrogen-bond donors (Lipinski definition) is 2. The number of carbonyl (C=O) groups excluding carboxylic acids is 2. The van der Waals surface area contributed by atoms with Gasteiger partial charge in [0.25, 0.3) is 0 Å². The van der Waals surface area contributed by atoms with E-state index in [1.807, 2.05) is 24.3 Å². The van der Waals surface area contributed by atoms with E-state index in [0.29, 0.717) is 17.7 Å². The number of rotatable bonds is 5. The maximum Gasteiger partial charge on any atom is 0.313 e. The van der Waals surface area contributed by atoms with Gasteiger partial charge in [-0.1, -0.05) is 18.2 Å². The quantitative estimate of drug-likeness (QED) is 0.626. The van der Waals surface area contributed by atoms with Crippen LogP contribution in [0.25, 0.3) is 10.9 Å². The summed E-state index contributed by atoms with van der Waals surface area (Å²) in [5.41, 5.74) is 1.20. The van der Waals surface area contributed by atoms with Crippen molar-refractivity contribution in [2.24, 2.45) is 0 Å². The molecule has 0 atom stereocenters. The number of nitrogens with zero attached hydrogens (tertiary/aromatic N) is 2. The van der Waals surface area contributed by atoms with Gasteiger partial charge < -0.3 is 15.4 Å². The summed E-state index contributed by atoms with van der Waals surface area (Å²) in [4.78, 5) is 30.6. The van der Waals surface area contributed by atoms with E-state index in [-0.39, 0.29) is 0 Å². The Hall–Kier alpha value is -2.51. The van der Waals surface area contributed by atoms with Crippen LogP contribution in [0, 0.1) is 0 Å². The standard InChI is InChI=1S/C18H22N4O3/c23-17(20-8-3-9-22-10-12-25-13-11-22)18(24)21-15-6-1-4-14-5-2-7-19-16(14)15/h1-2,4-7H,3,8-13H2,(H,20,23)(H,21,24). The van der Waals surface area contributed by atoms with Gasteiger partial charge in [-0.25, -0.2) is 0 Å². The average molecular weight is 342 g/mol. The molecule has 1 saturated heterocycles. The highest BCUT2D eigenvalue weighted by Crippen LogP contribution is 2.20. The molecule has 0 aliphatic carbocycles. The number of pyridine rings is 1. The van der Waals surface area contributed by atoms with Gasteiger partial charge in [-0.05, 0) is 25.1 Å². The molecule has 1 aromatic carbocycles.